The average Bonchev–Trinajstić information content (AvgIpc) is 2.44. The Bertz CT molecular complexity index is 539. The number of rotatable bonds is 5. The fraction of sp³-hybridized carbons (Fsp3) is 0.533. The van der Waals surface area contributed by atoms with Crippen LogP contribution >= 0.6 is 0 Å². The van der Waals surface area contributed by atoms with Crippen LogP contribution in [0.1, 0.15) is 39.4 Å². The highest BCUT2D eigenvalue weighted by Crippen LogP contribution is 2.18. The highest BCUT2D eigenvalue weighted by Gasteiger charge is 2.25. The van der Waals surface area contributed by atoms with Gasteiger partial charge in [-0.05, 0) is 33.8 Å². The second-order valence-corrected chi connectivity index (χ2v) is 5.83. The number of amides is 1. The second kappa shape index (κ2) is 7.89. The zero-order valence-electron chi connectivity index (χ0n) is 13.7. The number of hydrogen-bond acceptors (Lipinski definition) is 7. The lowest BCUT2D eigenvalue weighted by atomic mass is 10.1. The summed E-state index contributed by atoms with van der Waals surface area (Å²) in [4.78, 5) is 27.1. The fourth-order valence-electron chi connectivity index (χ4n) is 1.64. The molecule has 0 fully saturated rings. The number of nitrogens with zero attached hydrogens (tertiary/aromatic N) is 1. The number of nitrogens with two attached hydrogens (primary N) is 1. The fourth-order valence-corrected chi connectivity index (χ4v) is 1.64. The molecule has 1 aromatic rings. The van der Waals surface area contributed by atoms with E-state index in [2.05, 4.69) is 10.3 Å². The lowest BCUT2D eigenvalue weighted by Crippen LogP contribution is -2.38. The van der Waals surface area contributed by atoms with Crippen molar-refractivity contribution in [3.63, 3.8) is 0 Å². The van der Waals surface area contributed by atoms with E-state index in [1.165, 1.54) is 18.3 Å². The molecule has 0 saturated heterocycles. The van der Waals surface area contributed by atoms with Crippen molar-refractivity contribution < 1.29 is 24.2 Å². The van der Waals surface area contributed by atoms with Gasteiger partial charge in [-0.1, -0.05) is 6.07 Å². The van der Waals surface area contributed by atoms with Crippen molar-refractivity contribution in [3.05, 3.63) is 23.9 Å². The molecule has 1 aromatic heterocycles. The molecule has 2 atom stereocenters. The molecule has 0 aliphatic carbocycles. The minimum Gasteiger partial charge on any atom is -0.465 e. The third-order valence-electron chi connectivity index (χ3n) is 2.66. The van der Waals surface area contributed by atoms with E-state index in [9.17, 15) is 14.7 Å². The van der Waals surface area contributed by atoms with Crippen molar-refractivity contribution in [3.8, 4) is 0 Å². The summed E-state index contributed by atoms with van der Waals surface area (Å²) in [7, 11) is 0. The molecule has 4 N–H and O–H groups in total. The van der Waals surface area contributed by atoms with E-state index in [0.717, 1.165) is 0 Å². The largest absolute Gasteiger partial charge is 0.465 e. The molecule has 8 heteroatoms. The summed E-state index contributed by atoms with van der Waals surface area (Å²) in [5.41, 5.74) is 5.34. The Kier molecular flexibility index (Phi) is 6.47. The van der Waals surface area contributed by atoms with Crippen molar-refractivity contribution in [2.24, 2.45) is 5.73 Å². The lowest BCUT2D eigenvalue weighted by Gasteiger charge is -2.20. The lowest BCUT2D eigenvalue weighted by molar-refractivity contribution is -0.147. The quantitative estimate of drug-likeness (QED) is 0.698. The Hall–Kier alpha value is -2.19. The molecule has 1 amide bonds. The molecule has 0 spiro atoms. The average molecular weight is 325 g/mol. The number of ether oxygens (including phenoxy) is 2. The Morgan fingerprint density at radius 3 is 2.52 bits per heavy atom. The van der Waals surface area contributed by atoms with Crippen molar-refractivity contribution in [2.75, 3.05) is 11.9 Å². The molecule has 128 valence electrons. The Morgan fingerprint density at radius 1 is 1.39 bits per heavy atom. The first-order valence-electron chi connectivity index (χ1n) is 7.20. The highest BCUT2D eigenvalue weighted by atomic mass is 16.6. The van der Waals surface area contributed by atoms with Crippen LogP contribution in [0.4, 0.5) is 10.6 Å². The minimum absolute atomic E-state index is 0.177. The normalized spacial score (nSPS) is 13.8. The van der Waals surface area contributed by atoms with Crippen LogP contribution in [0, 0.1) is 0 Å². The molecule has 0 aliphatic heterocycles. The summed E-state index contributed by atoms with van der Waals surface area (Å²) < 4.78 is 9.85. The molecule has 0 aliphatic rings. The maximum Gasteiger partial charge on any atom is 0.413 e. The van der Waals surface area contributed by atoms with Crippen molar-refractivity contribution >= 4 is 17.9 Å². The van der Waals surface area contributed by atoms with Gasteiger partial charge in [0.25, 0.3) is 0 Å². The summed E-state index contributed by atoms with van der Waals surface area (Å²) in [6.07, 6.45) is -0.574. The van der Waals surface area contributed by atoms with Gasteiger partial charge in [0.15, 0.2) is 0 Å². The van der Waals surface area contributed by atoms with Crippen LogP contribution in [0.2, 0.25) is 0 Å². The van der Waals surface area contributed by atoms with Gasteiger partial charge in [0.05, 0.1) is 6.61 Å². The molecule has 8 nitrogen and oxygen atoms in total. The highest BCUT2D eigenvalue weighted by molar-refractivity contribution is 5.83. The SMILES string of the molecule is CCOC(=O)[C@H](N)[C@@H](O)c1ccc(NC(=O)OC(C)(C)C)nc1. The topological polar surface area (TPSA) is 124 Å². The number of carbonyl (C=O) groups excluding carboxylic acids is 2. The third-order valence-corrected chi connectivity index (χ3v) is 2.66. The molecule has 0 bridgehead atoms. The predicted molar refractivity (Wildman–Crippen MR) is 83.7 cm³/mol. The van der Waals surface area contributed by atoms with Crippen molar-refractivity contribution in [2.45, 2.75) is 45.4 Å². The van der Waals surface area contributed by atoms with Crippen LogP contribution in [-0.2, 0) is 14.3 Å². The van der Waals surface area contributed by atoms with Gasteiger partial charge in [0.1, 0.15) is 23.6 Å². The Morgan fingerprint density at radius 2 is 2.04 bits per heavy atom. The molecule has 0 saturated carbocycles. The summed E-state index contributed by atoms with van der Waals surface area (Å²) in [5.74, 6) is -0.448. The zero-order valence-corrected chi connectivity index (χ0v) is 13.7. The van der Waals surface area contributed by atoms with Gasteiger partial charge < -0.3 is 20.3 Å². The molecule has 0 aromatic carbocycles. The number of aliphatic hydroxyl groups excluding tert-OH is 1. The van der Waals surface area contributed by atoms with Crippen LogP contribution in [0.3, 0.4) is 0 Å². The molecule has 0 radical (unpaired) electrons. The van der Waals surface area contributed by atoms with Gasteiger partial charge in [-0.15, -0.1) is 0 Å². The van der Waals surface area contributed by atoms with Gasteiger partial charge in [-0.25, -0.2) is 9.78 Å². The number of anilines is 1. The summed E-state index contributed by atoms with van der Waals surface area (Å²) in [6, 6.07) is 1.77. The Labute approximate surface area is 135 Å². The standard InChI is InChI=1S/C15H23N3O5/c1-5-22-13(20)11(16)12(19)9-6-7-10(17-8-9)18-14(21)23-15(2,3)4/h6-8,11-12,19H,5,16H2,1-4H3,(H,17,18,21)/t11-,12+/m1/s1. The van der Waals surface area contributed by atoms with Gasteiger partial charge in [-0.3, -0.25) is 10.1 Å². The first kappa shape index (κ1) is 18.9. The van der Waals surface area contributed by atoms with Crippen molar-refractivity contribution in [1.29, 1.82) is 0 Å². The molecular weight excluding hydrogens is 302 g/mol. The number of esters is 1. The predicted octanol–water partition coefficient (Wildman–Crippen LogP) is 1.35. The number of pyridine rings is 1. The maximum atomic E-state index is 11.6. The zero-order chi connectivity index (χ0) is 17.6. The van der Waals surface area contributed by atoms with E-state index in [1.807, 2.05) is 0 Å². The van der Waals surface area contributed by atoms with E-state index in [-0.39, 0.29) is 12.4 Å². The molecular formula is C15H23N3O5. The van der Waals surface area contributed by atoms with Crippen LogP contribution in [0.5, 0.6) is 0 Å². The van der Waals surface area contributed by atoms with E-state index in [1.54, 1.807) is 27.7 Å². The number of hydrogen-bond donors (Lipinski definition) is 3. The molecule has 1 heterocycles. The summed E-state index contributed by atoms with van der Waals surface area (Å²) in [6.45, 7) is 7.06. The number of aliphatic hydroxyl groups is 1. The number of carbonyl (C=O) groups is 2. The summed E-state index contributed by atoms with van der Waals surface area (Å²) >= 11 is 0. The van der Waals surface area contributed by atoms with Gasteiger partial charge in [0, 0.05) is 11.8 Å². The van der Waals surface area contributed by atoms with Gasteiger partial charge in [-0.2, -0.15) is 0 Å². The van der Waals surface area contributed by atoms with Crippen LogP contribution < -0.4 is 11.1 Å². The molecule has 0 unspecified atom stereocenters. The van der Waals surface area contributed by atoms with Gasteiger partial charge >= 0.3 is 12.1 Å². The van der Waals surface area contributed by atoms with E-state index in [0.29, 0.717) is 5.56 Å². The smallest absolute Gasteiger partial charge is 0.413 e. The van der Waals surface area contributed by atoms with Crippen LogP contribution in [-0.4, -0.2) is 40.4 Å². The van der Waals surface area contributed by atoms with Crippen LogP contribution in [0.15, 0.2) is 18.3 Å². The van der Waals surface area contributed by atoms with E-state index < -0.39 is 29.8 Å². The van der Waals surface area contributed by atoms with Crippen LogP contribution in [0.25, 0.3) is 0 Å². The van der Waals surface area contributed by atoms with Gasteiger partial charge in [0.2, 0.25) is 0 Å². The summed E-state index contributed by atoms with van der Waals surface area (Å²) in [5, 5.41) is 12.5. The minimum atomic E-state index is -1.25. The number of aromatic nitrogens is 1. The second-order valence-electron chi connectivity index (χ2n) is 5.83. The maximum absolute atomic E-state index is 11.6. The first-order chi connectivity index (χ1) is 10.6. The van der Waals surface area contributed by atoms with Crippen molar-refractivity contribution in [1.82, 2.24) is 4.98 Å². The monoisotopic (exact) mass is 325 g/mol. The van der Waals surface area contributed by atoms with E-state index >= 15 is 0 Å². The first-order valence-corrected chi connectivity index (χ1v) is 7.20. The third kappa shape index (κ3) is 6.21. The molecule has 1 rings (SSSR count). The number of nitrogens with one attached hydrogen (secondary N) is 1. The van der Waals surface area contributed by atoms with E-state index in [4.69, 9.17) is 15.2 Å². The molecule has 23 heavy (non-hydrogen) atoms. The Balaban J connectivity index is 2.69.